The van der Waals surface area contributed by atoms with E-state index in [1.165, 1.54) is 6.42 Å². The molecule has 0 fully saturated rings. The molecule has 0 spiro atoms. The minimum absolute atomic E-state index is 0.311. The van der Waals surface area contributed by atoms with Gasteiger partial charge in [0.2, 0.25) is 0 Å². The molecule has 2 heteroatoms. The van der Waals surface area contributed by atoms with Crippen LogP contribution in [0.15, 0.2) is 0 Å². The van der Waals surface area contributed by atoms with Crippen LogP contribution in [0.25, 0.3) is 0 Å². The Kier molecular flexibility index (Phi) is 7.25. The molecule has 98 valence electrons. The normalized spacial score (nSPS) is 16.5. The predicted molar refractivity (Wildman–Crippen MR) is 71.8 cm³/mol. The van der Waals surface area contributed by atoms with E-state index >= 15 is 0 Å². The highest BCUT2D eigenvalue weighted by molar-refractivity contribution is 4.84. The zero-order chi connectivity index (χ0) is 12.8. The molecule has 2 atom stereocenters. The van der Waals surface area contributed by atoms with Crippen molar-refractivity contribution < 1.29 is 4.74 Å². The highest BCUT2D eigenvalue weighted by Gasteiger charge is 2.26. The Balaban J connectivity index is 4.40. The monoisotopic (exact) mass is 229 g/mol. The molecule has 2 nitrogen and oxygen atoms in total. The van der Waals surface area contributed by atoms with E-state index in [4.69, 9.17) is 4.74 Å². The molecule has 0 radical (unpaired) electrons. The van der Waals surface area contributed by atoms with Crippen LogP contribution in [0.4, 0.5) is 0 Å². The number of hydrogen-bond acceptors (Lipinski definition) is 2. The molecule has 0 amide bonds. The van der Waals surface area contributed by atoms with Crippen molar-refractivity contribution in [2.24, 2.45) is 11.3 Å². The fourth-order valence-corrected chi connectivity index (χ4v) is 1.91. The molecule has 0 aromatic heterocycles. The minimum Gasteiger partial charge on any atom is -0.383 e. The van der Waals surface area contributed by atoms with Crippen LogP contribution in [0, 0.1) is 11.3 Å². The van der Waals surface area contributed by atoms with Crippen LogP contribution in [0.1, 0.15) is 54.4 Å². The molecule has 0 saturated carbocycles. The van der Waals surface area contributed by atoms with Gasteiger partial charge in [-0.15, -0.1) is 0 Å². The largest absolute Gasteiger partial charge is 0.383 e. The minimum atomic E-state index is 0.311. The van der Waals surface area contributed by atoms with Crippen molar-refractivity contribution in [3.05, 3.63) is 0 Å². The second kappa shape index (κ2) is 7.29. The first kappa shape index (κ1) is 15.9. The summed E-state index contributed by atoms with van der Waals surface area (Å²) in [5.41, 5.74) is 0.311. The van der Waals surface area contributed by atoms with Crippen molar-refractivity contribution in [2.45, 2.75) is 66.5 Å². The summed E-state index contributed by atoms with van der Waals surface area (Å²) in [6.45, 7) is 14.5. The van der Waals surface area contributed by atoms with Gasteiger partial charge in [0.25, 0.3) is 0 Å². The van der Waals surface area contributed by atoms with Crippen molar-refractivity contribution >= 4 is 0 Å². The lowest BCUT2D eigenvalue weighted by Crippen LogP contribution is -2.48. The van der Waals surface area contributed by atoms with Gasteiger partial charge in [-0.25, -0.2) is 0 Å². The van der Waals surface area contributed by atoms with Gasteiger partial charge < -0.3 is 10.1 Å². The molecule has 0 aliphatic carbocycles. The van der Waals surface area contributed by atoms with E-state index < -0.39 is 0 Å². The number of methoxy groups -OCH3 is 1. The Morgan fingerprint density at radius 3 is 2.06 bits per heavy atom. The first-order valence-electron chi connectivity index (χ1n) is 6.56. The predicted octanol–water partition coefficient (Wildman–Crippen LogP) is 3.46. The molecule has 0 saturated heterocycles. The summed E-state index contributed by atoms with van der Waals surface area (Å²) >= 11 is 0. The highest BCUT2D eigenvalue weighted by atomic mass is 16.5. The first-order chi connectivity index (χ1) is 7.31. The smallest absolute Gasteiger partial charge is 0.0615 e. The average Bonchev–Trinajstić information content (AvgIpc) is 2.13. The third kappa shape index (κ3) is 6.49. The molecule has 0 aromatic rings. The third-order valence-electron chi connectivity index (χ3n) is 3.05. The summed E-state index contributed by atoms with van der Waals surface area (Å²) in [6.07, 6.45) is 2.35. The Morgan fingerprint density at radius 2 is 1.75 bits per heavy atom. The van der Waals surface area contributed by atoms with E-state index in [1.54, 1.807) is 7.11 Å². The van der Waals surface area contributed by atoms with Crippen molar-refractivity contribution in [2.75, 3.05) is 13.7 Å². The van der Waals surface area contributed by atoms with Gasteiger partial charge in [0.05, 0.1) is 6.61 Å². The number of hydrogen-bond donors (Lipinski definition) is 1. The van der Waals surface area contributed by atoms with Gasteiger partial charge >= 0.3 is 0 Å². The van der Waals surface area contributed by atoms with E-state index in [0.29, 0.717) is 17.5 Å². The van der Waals surface area contributed by atoms with Crippen molar-refractivity contribution in [3.63, 3.8) is 0 Å². The van der Waals surface area contributed by atoms with Gasteiger partial charge in [0.1, 0.15) is 0 Å². The highest BCUT2D eigenvalue weighted by Crippen LogP contribution is 2.25. The second-order valence-corrected chi connectivity index (χ2v) is 6.28. The molecule has 0 heterocycles. The van der Waals surface area contributed by atoms with Crippen LogP contribution in [0.5, 0.6) is 0 Å². The fraction of sp³-hybridized carbons (Fsp3) is 1.00. The lowest BCUT2D eigenvalue weighted by atomic mass is 9.81. The fourth-order valence-electron chi connectivity index (χ4n) is 1.91. The van der Waals surface area contributed by atoms with Crippen molar-refractivity contribution in [1.82, 2.24) is 5.32 Å². The molecule has 0 rings (SSSR count). The summed E-state index contributed by atoms with van der Waals surface area (Å²) in [5, 5.41) is 3.75. The van der Waals surface area contributed by atoms with E-state index in [1.807, 2.05) is 0 Å². The quantitative estimate of drug-likeness (QED) is 0.722. The molecule has 2 unspecified atom stereocenters. The van der Waals surface area contributed by atoms with Gasteiger partial charge in [0, 0.05) is 19.2 Å². The Bertz CT molecular complexity index is 172. The first-order valence-corrected chi connectivity index (χ1v) is 6.56. The van der Waals surface area contributed by atoms with Crippen molar-refractivity contribution in [3.8, 4) is 0 Å². The maximum atomic E-state index is 5.25. The van der Waals surface area contributed by atoms with E-state index in [-0.39, 0.29) is 0 Å². The molecule has 1 N–H and O–H groups in total. The van der Waals surface area contributed by atoms with E-state index in [0.717, 1.165) is 18.9 Å². The van der Waals surface area contributed by atoms with Crippen LogP contribution >= 0.6 is 0 Å². The van der Waals surface area contributed by atoms with Gasteiger partial charge in [-0.3, -0.25) is 0 Å². The van der Waals surface area contributed by atoms with Crippen LogP contribution in [-0.2, 0) is 4.74 Å². The molecular formula is C14H31NO. The van der Waals surface area contributed by atoms with Crippen LogP contribution < -0.4 is 5.32 Å². The molecular weight excluding hydrogens is 198 g/mol. The Hall–Kier alpha value is -0.0800. The summed E-state index contributed by atoms with van der Waals surface area (Å²) < 4.78 is 5.25. The lowest BCUT2D eigenvalue weighted by molar-refractivity contribution is 0.134. The lowest BCUT2D eigenvalue weighted by Gasteiger charge is -2.36. The third-order valence-corrected chi connectivity index (χ3v) is 3.05. The average molecular weight is 229 g/mol. The zero-order valence-electron chi connectivity index (χ0n) is 12.3. The summed E-state index contributed by atoms with van der Waals surface area (Å²) in [5.74, 6) is 0.733. The van der Waals surface area contributed by atoms with Gasteiger partial charge in [0.15, 0.2) is 0 Å². The Labute approximate surface area is 102 Å². The maximum Gasteiger partial charge on any atom is 0.0615 e. The SMILES string of the molecule is CCC(COC)NC(CC(C)C)C(C)(C)C. The van der Waals surface area contributed by atoms with Gasteiger partial charge in [-0.05, 0) is 24.2 Å². The zero-order valence-corrected chi connectivity index (χ0v) is 12.3. The van der Waals surface area contributed by atoms with Crippen LogP contribution in [-0.4, -0.2) is 25.8 Å². The van der Waals surface area contributed by atoms with E-state index in [2.05, 4.69) is 46.9 Å². The Morgan fingerprint density at radius 1 is 1.19 bits per heavy atom. The second-order valence-electron chi connectivity index (χ2n) is 6.28. The van der Waals surface area contributed by atoms with Gasteiger partial charge in [-0.1, -0.05) is 41.5 Å². The van der Waals surface area contributed by atoms with Gasteiger partial charge in [-0.2, -0.15) is 0 Å². The van der Waals surface area contributed by atoms with Crippen LogP contribution in [0.3, 0.4) is 0 Å². The molecule has 0 aliphatic rings. The molecule has 0 bridgehead atoms. The van der Waals surface area contributed by atoms with Crippen molar-refractivity contribution in [1.29, 1.82) is 0 Å². The summed E-state index contributed by atoms with van der Waals surface area (Å²) in [7, 11) is 1.78. The topological polar surface area (TPSA) is 21.3 Å². The number of nitrogens with one attached hydrogen (secondary N) is 1. The standard InChI is InChI=1S/C14H31NO/c1-8-12(10-16-7)15-13(9-11(2)3)14(4,5)6/h11-13,15H,8-10H2,1-7H3. The van der Waals surface area contributed by atoms with Crippen LogP contribution in [0.2, 0.25) is 0 Å². The number of rotatable bonds is 7. The summed E-state index contributed by atoms with van der Waals surface area (Å²) in [4.78, 5) is 0. The molecule has 0 aliphatic heterocycles. The maximum absolute atomic E-state index is 5.25. The van der Waals surface area contributed by atoms with E-state index in [9.17, 15) is 0 Å². The number of ether oxygens (including phenoxy) is 1. The molecule has 0 aromatic carbocycles. The summed E-state index contributed by atoms with van der Waals surface area (Å²) in [6, 6.07) is 1.04. The molecule has 16 heavy (non-hydrogen) atoms.